The van der Waals surface area contributed by atoms with Gasteiger partial charge in [0.15, 0.2) is 0 Å². The molecular weight excluding hydrogens is 262 g/mol. The summed E-state index contributed by atoms with van der Waals surface area (Å²) in [5.74, 6) is 0. The van der Waals surface area contributed by atoms with E-state index >= 15 is 0 Å². The van der Waals surface area contributed by atoms with Crippen molar-refractivity contribution in [2.24, 2.45) is 5.41 Å². The first kappa shape index (κ1) is 18.9. The normalized spacial score (nSPS) is 24.7. The fourth-order valence-electron chi connectivity index (χ4n) is 3.41. The van der Waals surface area contributed by atoms with Gasteiger partial charge in [0.1, 0.15) is 0 Å². The molecule has 0 aromatic rings. The van der Waals surface area contributed by atoms with Crippen LogP contribution in [0.2, 0.25) is 0 Å². The third kappa shape index (κ3) is 6.64. The Morgan fingerprint density at radius 3 is 2.57 bits per heavy atom. The first-order valence-corrected chi connectivity index (χ1v) is 8.70. The van der Waals surface area contributed by atoms with E-state index < -0.39 is 0 Å². The van der Waals surface area contributed by atoms with Crippen LogP contribution in [0.25, 0.3) is 0 Å². The largest absolute Gasteiger partial charge is 0.381 e. The van der Waals surface area contributed by atoms with Crippen LogP contribution in [-0.4, -0.2) is 75.9 Å². The van der Waals surface area contributed by atoms with Gasteiger partial charge >= 0.3 is 0 Å². The number of hydrogen-bond acceptors (Lipinski definition) is 4. The van der Waals surface area contributed by atoms with Crippen molar-refractivity contribution in [3.63, 3.8) is 0 Å². The van der Waals surface area contributed by atoms with E-state index in [2.05, 4.69) is 50.0 Å². The Balaban J connectivity index is 2.63. The Bertz CT molecular complexity index is 265. The summed E-state index contributed by atoms with van der Waals surface area (Å²) in [5, 5.41) is 3.64. The van der Waals surface area contributed by atoms with Crippen LogP contribution in [0, 0.1) is 5.41 Å². The molecule has 0 amide bonds. The highest BCUT2D eigenvalue weighted by Crippen LogP contribution is 2.30. The summed E-state index contributed by atoms with van der Waals surface area (Å²) >= 11 is 0. The molecule has 1 heterocycles. The minimum Gasteiger partial charge on any atom is -0.381 e. The number of rotatable bonds is 10. The van der Waals surface area contributed by atoms with Gasteiger partial charge in [-0.05, 0) is 53.4 Å². The maximum absolute atomic E-state index is 5.85. The van der Waals surface area contributed by atoms with Crippen LogP contribution >= 0.6 is 0 Å². The van der Waals surface area contributed by atoms with Crippen LogP contribution in [0.4, 0.5) is 0 Å². The zero-order valence-electron chi connectivity index (χ0n) is 15.0. The van der Waals surface area contributed by atoms with Gasteiger partial charge < -0.3 is 15.0 Å². The number of nitrogens with one attached hydrogen (secondary N) is 1. The molecule has 1 saturated heterocycles. The molecule has 0 aromatic carbocycles. The van der Waals surface area contributed by atoms with Crippen molar-refractivity contribution in [1.82, 2.24) is 15.1 Å². The highest BCUT2D eigenvalue weighted by molar-refractivity contribution is 4.88. The van der Waals surface area contributed by atoms with Gasteiger partial charge in [0.05, 0.1) is 6.61 Å². The van der Waals surface area contributed by atoms with Gasteiger partial charge in [-0.2, -0.15) is 0 Å². The zero-order chi connectivity index (χ0) is 15.7. The van der Waals surface area contributed by atoms with Crippen molar-refractivity contribution in [1.29, 1.82) is 0 Å². The summed E-state index contributed by atoms with van der Waals surface area (Å²) < 4.78 is 5.85. The van der Waals surface area contributed by atoms with Crippen molar-refractivity contribution in [3.05, 3.63) is 0 Å². The Kier molecular flexibility index (Phi) is 8.79. The molecule has 4 heteroatoms. The van der Waals surface area contributed by atoms with Crippen LogP contribution in [-0.2, 0) is 4.74 Å². The highest BCUT2D eigenvalue weighted by atomic mass is 16.5. The smallest absolute Gasteiger partial charge is 0.0546 e. The lowest BCUT2D eigenvalue weighted by Gasteiger charge is -2.43. The van der Waals surface area contributed by atoms with Gasteiger partial charge in [-0.3, -0.25) is 4.90 Å². The van der Waals surface area contributed by atoms with Gasteiger partial charge in [-0.25, -0.2) is 0 Å². The molecule has 0 aliphatic carbocycles. The van der Waals surface area contributed by atoms with E-state index in [1.165, 1.54) is 19.3 Å². The second-order valence-electron chi connectivity index (χ2n) is 7.01. The lowest BCUT2D eigenvalue weighted by Crippen LogP contribution is -2.52. The Hall–Kier alpha value is -0.160. The molecular formula is C17H37N3O. The van der Waals surface area contributed by atoms with Crippen molar-refractivity contribution in [3.8, 4) is 0 Å². The molecule has 126 valence electrons. The third-order valence-electron chi connectivity index (χ3n) is 4.53. The fraction of sp³-hybridized carbons (Fsp3) is 1.00. The Morgan fingerprint density at radius 1 is 1.29 bits per heavy atom. The van der Waals surface area contributed by atoms with Crippen LogP contribution in [0.3, 0.4) is 0 Å². The molecule has 0 spiro atoms. The van der Waals surface area contributed by atoms with E-state index in [0.29, 0.717) is 11.5 Å². The van der Waals surface area contributed by atoms with Gasteiger partial charge in [0.2, 0.25) is 0 Å². The lowest BCUT2D eigenvalue weighted by atomic mass is 9.81. The maximum atomic E-state index is 5.85. The van der Waals surface area contributed by atoms with E-state index in [1.807, 2.05) is 0 Å². The fourth-order valence-corrected chi connectivity index (χ4v) is 3.41. The van der Waals surface area contributed by atoms with Crippen LogP contribution in [0.15, 0.2) is 0 Å². The van der Waals surface area contributed by atoms with Crippen LogP contribution in [0.5, 0.6) is 0 Å². The average Bonchev–Trinajstić information content (AvgIpc) is 2.45. The Labute approximate surface area is 132 Å². The average molecular weight is 300 g/mol. The van der Waals surface area contributed by atoms with E-state index in [0.717, 1.165) is 45.9 Å². The SMILES string of the molecule is CCCNCC1(CN(CC)C(C)CN(C)C)CCCOC1. The summed E-state index contributed by atoms with van der Waals surface area (Å²) in [5.41, 5.74) is 0.296. The first-order valence-electron chi connectivity index (χ1n) is 8.70. The van der Waals surface area contributed by atoms with E-state index in [9.17, 15) is 0 Å². The quantitative estimate of drug-likeness (QED) is 0.625. The maximum Gasteiger partial charge on any atom is 0.0546 e. The standard InChI is InChI=1S/C17H37N3O/c1-6-10-18-13-17(9-8-11-21-15-17)14-20(7-2)16(3)12-19(4)5/h16,18H,6-15H2,1-5H3. The van der Waals surface area contributed by atoms with Gasteiger partial charge in [0.25, 0.3) is 0 Å². The monoisotopic (exact) mass is 299 g/mol. The van der Waals surface area contributed by atoms with Crippen molar-refractivity contribution in [2.75, 3.05) is 60.0 Å². The predicted molar refractivity (Wildman–Crippen MR) is 90.9 cm³/mol. The molecule has 2 atom stereocenters. The summed E-state index contributed by atoms with van der Waals surface area (Å²) in [6, 6.07) is 0.593. The van der Waals surface area contributed by atoms with Crippen molar-refractivity contribution < 1.29 is 4.74 Å². The van der Waals surface area contributed by atoms with Crippen molar-refractivity contribution >= 4 is 0 Å². The third-order valence-corrected chi connectivity index (χ3v) is 4.53. The second-order valence-corrected chi connectivity index (χ2v) is 7.01. The molecule has 4 nitrogen and oxygen atoms in total. The molecule has 1 fully saturated rings. The molecule has 0 aromatic heterocycles. The van der Waals surface area contributed by atoms with Crippen molar-refractivity contribution in [2.45, 2.75) is 46.1 Å². The summed E-state index contributed by atoms with van der Waals surface area (Å²) in [4.78, 5) is 4.91. The lowest BCUT2D eigenvalue weighted by molar-refractivity contribution is -0.0322. The first-order chi connectivity index (χ1) is 10.0. The molecule has 1 aliphatic heterocycles. The van der Waals surface area contributed by atoms with Crippen LogP contribution < -0.4 is 5.32 Å². The highest BCUT2D eigenvalue weighted by Gasteiger charge is 2.35. The predicted octanol–water partition coefficient (Wildman–Crippen LogP) is 2.05. The summed E-state index contributed by atoms with van der Waals surface area (Å²) in [6.45, 7) is 14.3. The molecule has 2 unspecified atom stereocenters. The summed E-state index contributed by atoms with van der Waals surface area (Å²) in [6.07, 6.45) is 3.69. The molecule has 0 radical (unpaired) electrons. The molecule has 21 heavy (non-hydrogen) atoms. The minimum atomic E-state index is 0.296. The molecule has 1 aliphatic rings. The zero-order valence-corrected chi connectivity index (χ0v) is 15.0. The number of hydrogen-bond donors (Lipinski definition) is 1. The molecule has 0 saturated carbocycles. The second kappa shape index (κ2) is 9.78. The molecule has 1 rings (SSSR count). The van der Waals surface area contributed by atoms with E-state index in [4.69, 9.17) is 4.74 Å². The minimum absolute atomic E-state index is 0.296. The van der Waals surface area contributed by atoms with Gasteiger partial charge in [0, 0.05) is 37.7 Å². The van der Waals surface area contributed by atoms with Crippen LogP contribution in [0.1, 0.15) is 40.0 Å². The molecule has 1 N–H and O–H groups in total. The Morgan fingerprint density at radius 2 is 2.05 bits per heavy atom. The number of likely N-dealkylation sites (N-methyl/N-ethyl adjacent to an activating group) is 2. The summed E-state index contributed by atoms with van der Waals surface area (Å²) in [7, 11) is 4.32. The van der Waals surface area contributed by atoms with E-state index in [-0.39, 0.29) is 0 Å². The molecule has 0 bridgehead atoms. The van der Waals surface area contributed by atoms with E-state index in [1.54, 1.807) is 0 Å². The number of nitrogens with zero attached hydrogens (tertiary/aromatic N) is 2. The van der Waals surface area contributed by atoms with Gasteiger partial charge in [-0.1, -0.05) is 13.8 Å². The van der Waals surface area contributed by atoms with Gasteiger partial charge in [-0.15, -0.1) is 0 Å². The number of ether oxygens (including phenoxy) is 1. The topological polar surface area (TPSA) is 27.7 Å².